The van der Waals surface area contributed by atoms with Crippen molar-refractivity contribution >= 4 is 0 Å². The summed E-state index contributed by atoms with van der Waals surface area (Å²) < 4.78 is 2.00. The minimum absolute atomic E-state index is 0.681. The summed E-state index contributed by atoms with van der Waals surface area (Å²) in [5, 5.41) is 14.4. The van der Waals surface area contributed by atoms with Gasteiger partial charge in [-0.3, -0.25) is 0 Å². The third-order valence-electron chi connectivity index (χ3n) is 4.75. The van der Waals surface area contributed by atoms with Gasteiger partial charge < -0.3 is 5.11 Å². The lowest BCUT2D eigenvalue weighted by Gasteiger charge is -2.14. The zero-order chi connectivity index (χ0) is 19.7. The third kappa shape index (κ3) is 3.82. The standard InChI is InChI=1S/C24H26N2O/c1-15-8-11-21(18(4)13-15)24-20(6)22(12-10-19(5)27)25-26(24)23-14-16(2)7-9-17(23)3/h7-9,11,13-14,19,27H,1-6H3. The summed E-state index contributed by atoms with van der Waals surface area (Å²) in [5.41, 5.74) is 9.77. The van der Waals surface area contributed by atoms with E-state index in [1.54, 1.807) is 6.92 Å². The molecular formula is C24H26N2O. The summed E-state index contributed by atoms with van der Waals surface area (Å²) in [6.07, 6.45) is -0.681. The average Bonchev–Trinajstić information content (AvgIpc) is 2.92. The smallest absolute Gasteiger partial charge is 0.139 e. The number of aliphatic hydroxyl groups is 1. The summed E-state index contributed by atoms with van der Waals surface area (Å²) in [7, 11) is 0. The van der Waals surface area contributed by atoms with Crippen LogP contribution in [0.1, 0.15) is 40.4 Å². The predicted octanol–water partition coefficient (Wildman–Crippen LogP) is 4.81. The first-order valence-electron chi connectivity index (χ1n) is 9.22. The summed E-state index contributed by atoms with van der Waals surface area (Å²) >= 11 is 0. The molecule has 3 aromatic rings. The fourth-order valence-electron chi connectivity index (χ4n) is 3.30. The number of hydrogen-bond acceptors (Lipinski definition) is 2. The van der Waals surface area contributed by atoms with E-state index in [1.807, 2.05) is 4.68 Å². The van der Waals surface area contributed by atoms with E-state index in [0.717, 1.165) is 28.1 Å². The van der Waals surface area contributed by atoms with Crippen LogP contribution in [0.2, 0.25) is 0 Å². The number of rotatable bonds is 2. The average molecular weight is 358 g/mol. The molecule has 1 unspecified atom stereocenters. The summed E-state index contributed by atoms with van der Waals surface area (Å²) in [6.45, 7) is 12.1. The summed E-state index contributed by atoms with van der Waals surface area (Å²) in [5.74, 6) is 5.87. The van der Waals surface area contributed by atoms with E-state index >= 15 is 0 Å². The highest BCUT2D eigenvalue weighted by Gasteiger charge is 2.19. The fraction of sp³-hybridized carbons (Fsp3) is 0.292. The Morgan fingerprint density at radius 1 is 0.926 bits per heavy atom. The molecule has 0 aliphatic rings. The van der Waals surface area contributed by atoms with Gasteiger partial charge in [0, 0.05) is 11.1 Å². The van der Waals surface area contributed by atoms with Crippen LogP contribution in [-0.4, -0.2) is 21.0 Å². The van der Waals surface area contributed by atoms with Gasteiger partial charge in [0.05, 0.1) is 11.4 Å². The van der Waals surface area contributed by atoms with Crippen molar-refractivity contribution in [3.63, 3.8) is 0 Å². The largest absolute Gasteiger partial charge is 0.381 e. The zero-order valence-corrected chi connectivity index (χ0v) is 16.9. The molecule has 2 aromatic carbocycles. The van der Waals surface area contributed by atoms with Gasteiger partial charge in [-0.1, -0.05) is 41.8 Å². The fourth-order valence-corrected chi connectivity index (χ4v) is 3.30. The molecule has 0 amide bonds. The Labute approximate surface area is 161 Å². The second-order valence-electron chi connectivity index (χ2n) is 7.29. The van der Waals surface area contributed by atoms with Crippen molar-refractivity contribution in [2.24, 2.45) is 0 Å². The van der Waals surface area contributed by atoms with Crippen molar-refractivity contribution in [3.05, 3.63) is 69.9 Å². The lowest BCUT2D eigenvalue weighted by molar-refractivity contribution is 0.253. The molecule has 0 aliphatic carbocycles. The van der Waals surface area contributed by atoms with Crippen LogP contribution >= 0.6 is 0 Å². The molecule has 1 aromatic heterocycles. The lowest BCUT2D eigenvalue weighted by Crippen LogP contribution is -2.03. The molecule has 0 spiro atoms. The molecule has 3 rings (SSSR count). The monoisotopic (exact) mass is 358 g/mol. The molecule has 1 N–H and O–H groups in total. The summed E-state index contributed by atoms with van der Waals surface area (Å²) in [6, 6.07) is 12.9. The van der Waals surface area contributed by atoms with Gasteiger partial charge in [0.2, 0.25) is 0 Å². The van der Waals surface area contributed by atoms with E-state index in [2.05, 4.69) is 82.9 Å². The number of aryl methyl sites for hydroxylation is 4. The van der Waals surface area contributed by atoms with Crippen molar-refractivity contribution in [1.82, 2.24) is 9.78 Å². The minimum atomic E-state index is -0.681. The van der Waals surface area contributed by atoms with E-state index in [9.17, 15) is 5.11 Å². The van der Waals surface area contributed by atoms with Crippen LogP contribution in [0.4, 0.5) is 0 Å². The van der Waals surface area contributed by atoms with E-state index in [-0.39, 0.29) is 0 Å². The second kappa shape index (κ2) is 7.42. The topological polar surface area (TPSA) is 38.1 Å². The number of aromatic nitrogens is 2. The molecule has 138 valence electrons. The van der Waals surface area contributed by atoms with Crippen molar-refractivity contribution < 1.29 is 5.11 Å². The van der Waals surface area contributed by atoms with Gasteiger partial charge in [-0.05, 0) is 70.2 Å². The van der Waals surface area contributed by atoms with E-state index in [0.29, 0.717) is 5.69 Å². The van der Waals surface area contributed by atoms with Crippen LogP contribution < -0.4 is 0 Å². The van der Waals surface area contributed by atoms with E-state index < -0.39 is 6.10 Å². The second-order valence-corrected chi connectivity index (χ2v) is 7.29. The molecular weight excluding hydrogens is 332 g/mol. The normalized spacial score (nSPS) is 11.8. The number of aliphatic hydroxyl groups excluding tert-OH is 1. The first kappa shape index (κ1) is 18.9. The van der Waals surface area contributed by atoms with Crippen LogP contribution in [0.15, 0.2) is 36.4 Å². The SMILES string of the molecule is Cc1ccc(-c2c(C)c(C#CC(C)O)nn2-c2cc(C)ccc2C)c(C)c1. The van der Waals surface area contributed by atoms with Crippen LogP contribution in [-0.2, 0) is 0 Å². The van der Waals surface area contributed by atoms with Crippen molar-refractivity contribution in [1.29, 1.82) is 0 Å². The van der Waals surface area contributed by atoms with E-state index in [1.165, 1.54) is 16.7 Å². The van der Waals surface area contributed by atoms with Gasteiger partial charge in [0.1, 0.15) is 11.8 Å². The zero-order valence-electron chi connectivity index (χ0n) is 16.9. The van der Waals surface area contributed by atoms with E-state index in [4.69, 9.17) is 5.10 Å². The highest BCUT2D eigenvalue weighted by Crippen LogP contribution is 2.32. The molecule has 0 radical (unpaired) electrons. The Bertz CT molecular complexity index is 1060. The third-order valence-corrected chi connectivity index (χ3v) is 4.75. The van der Waals surface area contributed by atoms with Gasteiger partial charge in [0.25, 0.3) is 0 Å². The van der Waals surface area contributed by atoms with Crippen molar-refractivity contribution in [2.75, 3.05) is 0 Å². The summed E-state index contributed by atoms with van der Waals surface area (Å²) in [4.78, 5) is 0. The maximum absolute atomic E-state index is 9.56. The van der Waals surface area contributed by atoms with Crippen LogP contribution in [0.25, 0.3) is 16.9 Å². The Morgan fingerprint density at radius 3 is 2.26 bits per heavy atom. The van der Waals surface area contributed by atoms with Gasteiger partial charge in [-0.15, -0.1) is 0 Å². The molecule has 0 bridgehead atoms. The molecule has 0 saturated carbocycles. The number of nitrogens with zero attached hydrogens (tertiary/aromatic N) is 2. The van der Waals surface area contributed by atoms with Crippen molar-refractivity contribution in [3.8, 4) is 28.8 Å². The Balaban J connectivity index is 2.33. The molecule has 27 heavy (non-hydrogen) atoms. The van der Waals surface area contributed by atoms with Gasteiger partial charge in [-0.25, -0.2) is 4.68 Å². The Hall–Kier alpha value is -2.83. The van der Waals surface area contributed by atoms with Crippen LogP contribution in [0.5, 0.6) is 0 Å². The van der Waals surface area contributed by atoms with Gasteiger partial charge in [-0.2, -0.15) is 5.10 Å². The van der Waals surface area contributed by atoms with Crippen LogP contribution in [0.3, 0.4) is 0 Å². The lowest BCUT2D eigenvalue weighted by atomic mass is 9.99. The number of hydrogen-bond donors (Lipinski definition) is 1. The molecule has 0 saturated heterocycles. The van der Waals surface area contributed by atoms with Gasteiger partial charge >= 0.3 is 0 Å². The highest BCUT2D eigenvalue weighted by atomic mass is 16.3. The minimum Gasteiger partial charge on any atom is -0.381 e. The molecule has 3 heteroatoms. The molecule has 3 nitrogen and oxygen atoms in total. The molecule has 1 heterocycles. The quantitative estimate of drug-likeness (QED) is 0.667. The highest BCUT2D eigenvalue weighted by molar-refractivity contribution is 5.72. The number of benzene rings is 2. The molecule has 1 atom stereocenters. The molecule has 0 aliphatic heterocycles. The first-order chi connectivity index (χ1) is 12.8. The predicted molar refractivity (Wildman–Crippen MR) is 111 cm³/mol. The Morgan fingerprint density at radius 2 is 1.59 bits per heavy atom. The van der Waals surface area contributed by atoms with Crippen molar-refractivity contribution in [2.45, 2.75) is 47.6 Å². The maximum Gasteiger partial charge on any atom is 0.139 e. The van der Waals surface area contributed by atoms with Crippen LogP contribution in [0, 0.1) is 46.5 Å². The molecule has 0 fully saturated rings. The Kier molecular flexibility index (Phi) is 5.21. The first-order valence-corrected chi connectivity index (χ1v) is 9.22. The maximum atomic E-state index is 9.56. The van der Waals surface area contributed by atoms with Gasteiger partial charge in [0.15, 0.2) is 0 Å².